The zero-order valence-corrected chi connectivity index (χ0v) is 15.0. The molecule has 21 heavy (non-hydrogen) atoms. The monoisotopic (exact) mass is 320 g/mol. The number of hydrogen-bond donors (Lipinski definition) is 2. The molecule has 0 atom stereocenters. The van der Waals surface area contributed by atoms with E-state index in [0.29, 0.717) is 19.1 Å². The third kappa shape index (κ3) is 5.49. The molecule has 1 aliphatic carbocycles. The predicted octanol–water partition coefficient (Wildman–Crippen LogP) is 0.625. The van der Waals surface area contributed by atoms with Crippen molar-refractivity contribution < 1.29 is 8.42 Å². The number of hydrogen-bond acceptors (Lipinski definition) is 4. The Balaban J connectivity index is 2.38. The lowest BCUT2D eigenvalue weighted by molar-refractivity contribution is 0.0653. The molecule has 0 saturated heterocycles. The van der Waals surface area contributed by atoms with Crippen LogP contribution in [0.5, 0.6) is 0 Å². The van der Waals surface area contributed by atoms with Crippen molar-refractivity contribution in [2.75, 3.05) is 40.8 Å². The molecule has 126 valence electrons. The second kappa shape index (κ2) is 7.87. The summed E-state index contributed by atoms with van der Waals surface area (Å²) >= 11 is 0. The van der Waals surface area contributed by atoms with Gasteiger partial charge in [0.15, 0.2) is 0 Å². The Morgan fingerprint density at radius 2 is 1.81 bits per heavy atom. The first-order valence-electron chi connectivity index (χ1n) is 7.81. The highest BCUT2D eigenvalue weighted by Gasteiger charge is 2.40. The summed E-state index contributed by atoms with van der Waals surface area (Å²) < 4.78 is 28.7. The smallest absolute Gasteiger partial charge is 0.279 e. The van der Waals surface area contributed by atoms with Gasteiger partial charge in [-0.25, -0.2) is 4.72 Å². The van der Waals surface area contributed by atoms with E-state index in [1.54, 1.807) is 7.05 Å². The maximum Gasteiger partial charge on any atom is 0.279 e. The van der Waals surface area contributed by atoms with Crippen LogP contribution in [0.1, 0.15) is 39.5 Å². The normalized spacial score (nSPS) is 18.5. The lowest BCUT2D eigenvalue weighted by Gasteiger charge is -2.47. The summed E-state index contributed by atoms with van der Waals surface area (Å²) in [7, 11) is 2.31. The molecular weight excluding hydrogens is 288 g/mol. The molecule has 0 unspecified atom stereocenters. The van der Waals surface area contributed by atoms with Crippen LogP contribution in [0.2, 0.25) is 0 Å². The molecule has 0 spiro atoms. The van der Waals surface area contributed by atoms with Gasteiger partial charge in [-0.05, 0) is 46.3 Å². The third-order valence-corrected chi connectivity index (χ3v) is 5.94. The van der Waals surface area contributed by atoms with E-state index in [2.05, 4.69) is 28.8 Å². The Labute approximate surface area is 130 Å². The van der Waals surface area contributed by atoms with Gasteiger partial charge in [-0.15, -0.1) is 0 Å². The second-order valence-electron chi connectivity index (χ2n) is 6.58. The van der Waals surface area contributed by atoms with Crippen LogP contribution in [0.3, 0.4) is 0 Å². The number of nitrogens with zero attached hydrogens (tertiary/aromatic N) is 2. The summed E-state index contributed by atoms with van der Waals surface area (Å²) in [5.41, 5.74) is 0.00705. The van der Waals surface area contributed by atoms with Crippen LogP contribution in [0.4, 0.5) is 0 Å². The molecular formula is C14H32N4O2S. The molecule has 0 aromatic heterocycles. The van der Waals surface area contributed by atoms with E-state index in [9.17, 15) is 8.42 Å². The molecule has 1 fully saturated rings. The Kier molecular flexibility index (Phi) is 7.06. The molecule has 0 heterocycles. The van der Waals surface area contributed by atoms with Gasteiger partial charge in [0.25, 0.3) is 10.2 Å². The molecule has 7 heteroatoms. The number of nitrogens with one attached hydrogen (secondary N) is 2. The standard InChI is InChI=1S/C14H32N4O2S/c1-13(2)15-10-7-11-18(5)21(19,20)16-12-14(17(3)4)8-6-9-14/h13,15-16H,6-12H2,1-5H3. The van der Waals surface area contributed by atoms with Gasteiger partial charge in [0, 0.05) is 31.7 Å². The van der Waals surface area contributed by atoms with Gasteiger partial charge < -0.3 is 10.2 Å². The van der Waals surface area contributed by atoms with Gasteiger partial charge in [-0.1, -0.05) is 13.8 Å². The van der Waals surface area contributed by atoms with Gasteiger partial charge in [-0.3, -0.25) is 0 Å². The Hall–Kier alpha value is -0.210. The van der Waals surface area contributed by atoms with Crippen molar-refractivity contribution in [3.8, 4) is 0 Å². The second-order valence-corrected chi connectivity index (χ2v) is 8.44. The summed E-state index contributed by atoms with van der Waals surface area (Å²) in [4.78, 5) is 2.14. The summed E-state index contributed by atoms with van der Waals surface area (Å²) in [6, 6.07) is 0.434. The fourth-order valence-corrected chi connectivity index (χ4v) is 3.56. The minimum atomic E-state index is -3.38. The molecule has 1 rings (SSSR count). The van der Waals surface area contributed by atoms with E-state index in [1.807, 2.05) is 14.1 Å². The molecule has 0 bridgehead atoms. The van der Waals surface area contributed by atoms with Crippen LogP contribution in [-0.2, 0) is 10.2 Å². The fraction of sp³-hybridized carbons (Fsp3) is 1.00. The maximum absolute atomic E-state index is 12.2. The first-order chi connectivity index (χ1) is 9.69. The molecule has 1 aliphatic rings. The third-order valence-electron chi connectivity index (χ3n) is 4.43. The van der Waals surface area contributed by atoms with Crippen molar-refractivity contribution in [1.82, 2.24) is 19.2 Å². The minimum absolute atomic E-state index is 0.00705. The summed E-state index contributed by atoms with van der Waals surface area (Å²) in [6.45, 7) is 6.03. The quantitative estimate of drug-likeness (QED) is 0.579. The van der Waals surface area contributed by atoms with E-state index in [0.717, 1.165) is 25.8 Å². The maximum atomic E-state index is 12.2. The highest BCUT2D eigenvalue weighted by atomic mass is 32.2. The summed E-state index contributed by atoms with van der Waals surface area (Å²) in [6.07, 6.45) is 4.11. The molecule has 2 N–H and O–H groups in total. The van der Waals surface area contributed by atoms with Crippen molar-refractivity contribution >= 4 is 10.2 Å². The largest absolute Gasteiger partial charge is 0.314 e. The topological polar surface area (TPSA) is 64.7 Å². The van der Waals surface area contributed by atoms with Gasteiger partial charge >= 0.3 is 0 Å². The Morgan fingerprint density at radius 3 is 2.24 bits per heavy atom. The zero-order chi connectivity index (χ0) is 16.1. The highest BCUT2D eigenvalue weighted by Crippen LogP contribution is 2.35. The van der Waals surface area contributed by atoms with Gasteiger partial charge in [0.05, 0.1) is 0 Å². The summed E-state index contributed by atoms with van der Waals surface area (Å²) in [5.74, 6) is 0. The van der Waals surface area contributed by atoms with Crippen LogP contribution in [-0.4, -0.2) is 70.0 Å². The lowest BCUT2D eigenvalue weighted by atomic mass is 9.76. The molecule has 0 aromatic carbocycles. The predicted molar refractivity (Wildman–Crippen MR) is 87.6 cm³/mol. The van der Waals surface area contributed by atoms with Crippen molar-refractivity contribution in [1.29, 1.82) is 0 Å². The minimum Gasteiger partial charge on any atom is -0.314 e. The Bertz CT molecular complexity index is 405. The van der Waals surface area contributed by atoms with Crippen molar-refractivity contribution in [3.63, 3.8) is 0 Å². The zero-order valence-electron chi connectivity index (χ0n) is 14.1. The van der Waals surface area contributed by atoms with Gasteiger partial charge in [0.2, 0.25) is 0 Å². The van der Waals surface area contributed by atoms with Gasteiger partial charge in [0.1, 0.15) is 0 Å². The van der Waals surface area contributed by atoms with E-state index >= 15 is 0 Å². The van der Waals surface area contributed by atoms with Crippen LogP contribution in [0, 0.1) is 0 Å². The number of rotatable bonds is 10. The van der Waals surface area contributed by atoms with E-state index in [-0.39, 0.29) is 5.54 Å². The fourth-order valence-electron chi connectivity index (χ4n) is 2.52. The van der Waals surface area contributed by atoms with Gasteiger partial charge in [-0.2, -0.15) is 12.7 Å². The van der Waals surface area contributed by atoms with Crippen molar-refractivity contribution in [2.45, 2.75) is 51.1 Å². The van der Waals surface area contributed by atoms with E-state index in [4.69, 9.17) is 0 Å². The molecule has 6 nitrogen and oxygen atoms in total. The van der Waals surface area contributed by atoms with Crippen LogP contribution in [0.25, 0.3) is 0 Å². The molecule has 0 amide bonds. The average Bonchev–Trinajstić information content (AvgIpc) is 2.32. The van der Waals surface area contributed by atoms with Crippen LogP contribution >= 0.6 is 0 Å². The van der Waals surface area contributed by atoms with Crippen LogP contribution in [0.15, 0.2) is 0 Å². The average molecular weight is 321 g/mol. The molecule has 0 aliphatic heterocycles. The van der Waals surface area contributed by atoms with Crippen LogP contribution < -0.4 is 10.0 Å². The molecule has 0 radical (unpaired) electrons. The first kappa shape index (κ1) is 18.8. The Morgan fingerprint density at radius 1 is 1.19 bits per heavy atom. The first-order valence-corrected chi connectivity index (χ1v) is 9.25. The highest BCUT2D eigenvalue weighted by molar-refractivity contribution is 7.87. The number of likely N-dealkylation sites (N-methyl/N-ethyl adjacent to an activating group) is 1. The lowest BCUT2D eigenvalue weighted by Crippen LogP contribution is -2.58. The molecule has 1 saturated carbocycles. The SMILES string of the molecule is CC(C)NCCCN(C)S(=O)(=O)NCC1(N(C)C)CCC1. The van der Waals surface area contributed by atoms with E-state index < -0.39 is 10.2 Å². The molecule has 0 aromatic rings. The summed E-state index contributed by atoms with van der Waals surface area (Å²) in [5, 5.41) is 3.29. The van der Waals surface area contributed by atoms with Crippen molar-refractivity contribution in [2.24, 2.45) is 0 Å². The van der Waals surface area contributed by atoms with Crippen molar-refractivity contribution in [3.05, 3.63) is 0 Å². The van der Waals surface area contributed by atoms with E-state index in [1.165, 1.54) is 10.7 Å².